The number of hydrogen-bond acceptors (Lipinski definition) is 5. The molecule has 6 nitrogen and oxygen atoms in total. The zero-order valence-corrected chi connectivity index (χ0v) is 22.6. The Balaban J connectivity index is 1.48. The highest BCUT2D eigenvalue weighted by Gasteiger charge is 2.60. The summed E-state index contributed by atoms with van der Waals surface area (Å²) in [6, 6.07) is 0.369. The molecule has 1 amide bonds. The maximum absolute atomic E-state index is 13.0. The van der Waals surface area contributed by atoms with Crippen LogP contribution in [-0.2, 0) is 9.47 Å². The van der Waals surface area contributed by atoms with Crippen molar-refractivity contribution in [2.45, 2.75) is 109 Å². The molecule has 0 aromatic carbocycles. The van der Waals surface area contributed by atoms with E-state index in [0.29, 0.717) is 18.5 Å². The summed E-state index contributed by atoms with van der Waals surface area (Å²) in [6.45, 7) is 8.53. The molecule has 0 bridgehead atoms. The van der Waals surface area contributed by atoms with Crippen LogP contribution in [-0.4, -0.2) is 65.1 Å². The normalized spacial score (nSPS) is 30.8. The minimum absolute atomic E-state index is 0.00468. The topological polar surface area (TPSA) is 62.2 Å². The molecular weight excluding hydrogens is 452 g/mol. The van der Waals surface area contributed by atoms with Crippen LogP contribution in [0.2, 0.25) is 0 Å². The summed E-state index contributed by atoms with van der Waals surface area (Å²) in [5, 5.41) is 8.89. The van der Waals surface area contributed by atoms with Gasteiger partial charge in [0.15, 0.2) is 6.23 Å². The molecule has 0 aromatic rings. The largest absolute Gasteiger partial charge is 0.479 e. The Hall–Kier alpha value is -1.97. The average molecular weight is 499 g/mol. The Morgan fingerprint density at radius 3 is 2.78 bits per heavy atom. The van der Waals surface area contributed by atoms with Gasteiger partial charge < -0.3 is 19.5 Å². The van der Waals surface area contributed by atoms with Crippen molar-refractivity contribution in [1.82, 2.24) is 9.80 Å². The van der Waals surface area contributed by atoms with Crippen molar-refractivity contribution in [3.63, 3.8) is 0 Å². The predicted molar refractivity (Wildman–Crippen MR) is 142 cm³/mol. The summed E-state index contributed by atoms with van der Waals surface area (Å²) < 4.78 is 12.6. The van der Waals surface area contributed by atoms with Gasteiger partial charge in [-0.05, 0) is 84.1 Å². The number of fused-ring (bicyclic) bond motifs is 2. The van der Waals surface area contributed by atoms with Crippen molar-refractivity contribution >= 4 is 6.09 Å². The first-order valence-electron chi connectivity index (χ1n) is 14.2. The van der Waals surface area contributed by atoms with Crippen molar-refractivity contribution in [2.75, 3.05) is 26.2 Å². The molecule has 0 saturated carbocycles. The van der Waals surface area contributed by atoms with Gasteiger partial charge in [0.05, 0.1) is 5.76 Å². The van der Waals surface area contributed by atoms with Crippen molar-refractivity contribution in [3.05, 3.63) is 24.0 Å². The van der Waals surface area contributed by atoms with E-state index in [1.807, 2.05) is 25.7 Å². The maximum Gasteiger partial charge on any atom is 0.410 e. The Labute approximate surface area is 218 Å². The number of piperidine rings is 1. The highest BCUT2D eigenvalue weighted by molar-refractivity contribution is 5.68. The molecule has 2 saturated heterocycles. The lowest BCUT2D eigenvalue weighted by Crippen LogP contribution is -2.58. The molecule has 36 heavy (non-hydrogen) atoms. The van der Waals surface area contributed by atoms with Gasteiger partial charge in [-0.2, -0.15) is 0 Å². The highest BCUT2D eigenvalue weighted by Crippen LogP contribution is 2.55. The van der Waals surface area contributed by atoms with Gasteiger partial charge in [-0.3, -0.25) is 4.90 Å². The Morgan fingerprint density at radius 2 is 2.00 bits per heavy atom. The Bertz CT molecular complexity index is 880. The third kappa shape index (κ3) is 6.47. The molecule has 0 aromatic heterocycles. The SMILES string of the molecule is CC(C)(C)OC(=O)N1CC[C@H]2C=C(CCCC#CCCCCO)O[C@@H]3N4CCCC/C=C\[C@H]4C[C@]23C1. The molecule has 4 aliphatic rings. The predicted octanol–water partition coefficient (Wildman–Crippen LogP) is 5.62. The Kier molecular flexibility index (Phi) is 9.06. The first kappa shape index (κ1) is 27.1. The third-order valence-electron chi connectivity index (χ3n) is 8.00. The first-order chi connectivity index (χ1) is 17.3. The molecule has 1 N–H and O–H groups in total. The number of aliphatic hydroxyl groups is 1. The summed E-state index contributed by atoms with van der Waals surface area (Å²) in [5.41, 5.74) is -0.584. The summed E-state index contributed by atoms with van der Waals surface area (Å²) in [6.07, 6.45) is 17.9. The van der Waals surface area contributed by atoms with Gasteiger partial charge in [0.2, 0.25) is 0 Å². The van der Waals surface area contributed by atoms with E-state index in [0.717, 1.165) is 76.6 Å². The number of carbonyl (C=O) groups is 1. The second kappa shape index (κ2) is 12.0. The molecule has 4 atom stereocenters. The molecule has 4 rings (SSSR count). The number of amides is 1. The number of aliphatic hydroxyl groups excluding tert-OH is 1. The fraction of sp³-hybridized carbons (Fsp3) is 0.767. The van der Waals surface area contributed by atoms with E-state index >= 15 is 0 Å². The number of rotatable bonds is 6. The number of likely N-dealkylation sites (tertiary alicyclic amines) is 1. The van der Waals surface area contributed by atoms with E-state index in [9.17, 15) is 4.79 Å². The molecule has 6 heteroatoms. The fourth-order valence-corrected chi connectivity index (χ4v) is 6.31. The van der Waals surface area contributed by atoms with E-state index in [-0.39, 0.29) is 24.3 Å². The summed E-state index contributed by atoms with van der Waals surface area (Å²) in [7, 11) is 0. The number of allylic oxidation sites excluding steroid dienone is 3. The number of nitrogens with zero attached hydrogens (tertiary/aromatic N) is 2. The van der Waals surface area contributed by atoms with E-state index in [1.165, 1.54) is 12.8 Å². The second-order valence-corrected chi connectivity index (χ2v) is 12.0. The molecule has 4 aliphatic heterocycles. The van der Waals surface area contributed by atoms with Crippen molar-refractivity contribution in [1.29, 1.82) is 0 Å². The number of hydrogen-bond donors (Lipinski definition) is 1. The van der Waals surface area contributed by atoms with Gasteiger partial charge in [0.1, 0.15) is 5.60 Å². The third-order valence-corrected chi connectivity index (χ3v) is 8.00. The summed E-state index contributed by atoms with van der Waals surface area (Å²) in [5.74, 6) is 8.05. The van der Waals surface area contributed by atoms with Crippen LogP contribution < -0.4 is 0 Å². The zero-order valence-electron chi connectivity index (χ0n) is 22.6. The number of unbranched alkanes of at least 4 members (excludes halogenated alkanes) is 3. The Morgan fingerprint density at radius 1 is 1.19 bits per heavy atom. The molecule has 0 unspecified atom stereocenters. The van der Waals surface area contributed by atoms with Crippen LogP contribution in [0.25, 0.3) is 0 Å². The van der Waals surface area contributed by atoms with Crippen LogP contribution >= 0.6 is 0 Å². The fourth-order valence-electron chi connectivity index (χ4n) is 6.31. The lowest BCUT2D eigenvalue weighted by Gasteiger charge is -2.51. The van der Waals surface area contributed by atoms with Gasteiger partial charge in [0.25, 0.3) is 0 Å². The van der Waals surface area contributed by atoms with Gasteiger partial charge in [-0.25, -0.2) is 4.79 Å². The second-order valence-electron chi connectivity index (χ2n) is 12.0. The van der Waals surface area contributed by atoms with E-state index in [4.69, 9.17) is 14.6 Å². The van der Waals surface area contributed by atoms with Gasteiger partial charge in [-0.1, -0.05) is 12.2 Å². The maximum atomic E-state index is 13.0. The molecule has 0 aliphatic carbocycles. The van der Waals surface area contributed by atoms with Crippen LogP contribution in [0, 0.1) is 23.2 Å². The van der Waals surface area contributed by atoms with Crippen LogP contribution in [0.5, 0.6) is 0 Å². The monoisotopic (exact) mass is 498 g/mol. The van der Waals surface area contributed by atoms with Crippen LogP contribution in [0.15, 0.2) is 24.0 Å². The van der Waals surface area contributed by atoms with Gasteiger partial charge in [-0.15, -0.1) is 11.8 Å². The van der Waals surface area contributed by atoms with Crippen LogP contribution in [0.4, 0.5) is 4.79 Å². The molecule has 1 spiro atoms. The van der Waals surface area contributed by atoms with E-state index in [1.54, 1.807) is 0 Å². The summed E-state index contributed by atoms with van der Waals surface area (Å²) in [4.78, 5) is 17.6. The lowest BCUT2D eigenvalue weighted by atomic mass is 9.67. The molecule has 2 fully saturated rings. The molecule has 200 valence electrons. The highest BCUT2D eigenvalue weighted by atomic mass is 16.6. The van der Waals surface area contributed by atoms with Crippen molar-refractivity contribution in [3.8, 4) is 11.8 Å². The minimum atomic E-state index is -0.491. The first-order valence-corrected chi connectivity index (χ1v) is 14.2. The minimum Gasteiger partial charge on any atom is -0.479 e. The van der Waals surface area contributed by atoms with Crippen molar-refractivity contribution in [2.24, 2.45) is 11.3 Å². The quantitative estimate of drug-likeness (QED) is 0.293. The van der Waals surface area contributed by atoms with E-state index < -0.39 is 5.60 Å². The van der Waals surface area contributed by atoms with Crippen LogP contribution in [0.1, 0.15) is 91.4 Å². The smallest absolute Gasteiger partial charge is 0.410 e. The number of carbonyl (C=O) groups excluding carboxylic acids is 1. The lowest BCUT2D eigenvalue weighted by molar-refractivity contribution is -0.125. The summed E-state index contributed by atoms with van der Waals surface area (Å²) >= 11 is 0. The van der Waals surface area contributed by atoms with Gasteiger partial charge >= 0.3 is 6.09 Å². The standard InChI is InChI=1S/C30H46N2O4/c1-29(2,3)36-28(34)31-19-17-24-21-26(16-12-7-5-4-6-10-14-20-33)35-27-30(24,23-31)22-25-15-11-8-9-13-18-32(25)27/h11,15,21,24-25,27,33H,6-10,12-14,16-20,22-23H2,1-3H3/b15-11-/t24-,25-,27-,30-/m0/s1. The van der Waals surface area contributed by atoms with Crippen LogP contribution in [0.3, 0.4) is 0 Å². The van der Waals surface area contributed by atoms with Gasteiger partial charge in [0, 0.05) is 57.0 Å². The zero-order chi connectivity index (χ0) is 25.6. The van der Waals surface area contributed by atoms with E-state index in [2.05, 4.69) is 35.0 Å². The molecule has 4 heterocycles. The molecule has 0 radical (unpaired) electrons. The molecular formula is C30H46N2O4. The number of ether oxygens (including phenoxy) is 2. The van der Waals surface area contributed by atoms with Crippen molar-refractivity contribution < 1.29 is 19.4 Å². The average Bonchev–Trinajstić information content (AvgIpc) is 3.09.